The summed E-state index contributed by atoms with van der Waals surface area (Å²) >= 11 is 1.71. The van der Waals surface area contributed by atoms with Gasteiger partial charge in [-0.25, -0.2) is 9.97 Å². The fourth-order valence-electron chi connectivity index (χ4n) is 1.90. The van der Waals surface area contributed by atoms with Gasteiger partial charge in [-0.2, -0.15) is 11.8 Å². The molecule has 120 valence electrons. The molecule has 0 fully saturated rings. The second-order valence-corrected chi connectivity index (χ2v) is 5.85. The van der Waals surface area contributed by atoms with Gasteiger partial charge in [0.15, 0.2) is 5.69 Å². The molecular weight excluding hydrogens is 302 g/mol. The Kier molecular flexibility index (Phi) is 6.47. The lowest BCUT2D eigenvalue weighted by atomic mass is 10.2. The number of hydrogen-bond donors (Lipinski definition) is 2. The molecule has 0 aliphatic heterocycles. The maximum atomic E-state index is 12.0. The minimum Gasteiger partial charge on any atom is -0.446 e. The SMILES string of the molecule is CSCCC(N)c1nc(C(=O)NCCCn2ccnc2)co1. The first-order valence-corrected chi connectivity index (χ1v) is 8.54. The van der Waals surface area contributed by atoms with Crippen LogP contribution in [-0.2, 0) is 6.54 Å². The number of thioether (sulfide) groups is 1. The molecule has 1 atom stereocenters. The van der Waals surface area contributed by atoms with Crippen molar-refractivity contribution in [3.63, 3.8) is 0 Å². The highest BCUT2D eigenvalue weighted by Crippen LogP contribution is 2.15. The van der Waals surface area contributed by atoms with Crippen molar-refractivity contribution < 1.29 is 9.21 Å². The monoisotopic (exact) mass is 323 g/mol. The van der Waals surface area contributed by atoms with Gasteiger partial charge >= 0.3 is 0 Å². The molecule has 2 heterocycles. The highest BCUT2D eigenvalue weighted by molar-refractivity contribution is 7.98. The number of rotatable bonds is 9. The van der Waals surface area contributed by atoms with Crippen LogP contribution in [0.15, 0.2) is 29.4 Å². The van der Waals surface area contributed by atoms with Crippen molar-refractivity contribution in [1.82, 2.24) is 19.9 Å². The summed E-state index contributed by atoms with van der Waals surface area (Å²) in [7, 11) is 0. The zero-order valence-corrected chi connectivity index (χ0v) is 13.4. The molecule has 1 amide bonds. The van der Waals surface area contributed by atoms with Gasteiger partial charge in [0.05, 0.1) is 12.4 Å². The lowest BCUT2D eigenvalue weighted by Crippen LogP contribution is -2.25. The predicted molar refractivity (Wildman–Crippen MR) is 85.6 cm³/mol. The molecule has 2 aromatic heterocycles. The number of aryl methyl sites for hydroxylation is 1. The van der Waals surface area contributed by atoms with E-state index < -0.39 is 0 Å². The highest BCUT2D eigenvalue weighted by atomic mass is 32.2. The fourth-order valence-corrected chi connectivity index (χ4v) is 2.39. The van der Waals surface area contributed by atoms with Crippen LogP contribution in [-0.4, -0.2) is 39.0 Å². The predicted octanol–water partition coefficient (Wildman–Crippen LogP) is 1.44. The van der Waals surface area contributed by atoms with Crippen molar-refractivity contribution in [3.05, 3.63) is 36.6 Å². The van der Waals surface area contributed by atoms with Crippen LogP contribution >= 0.6 is 11.8 Å². The largest absolute Gasteiger partial charge is 0.446 e. The Labute approximate surface area is 133 Å². The molecule has 8 heteroatoms. The van der Waals surface area contributed by atoms with E-state index in [4.69, 9.17) is 10.2 Å². The van der Waals surface area contributed by atoms with Crippen molar-refractivity contribution >= 4 is 17.7 Å². The third-order valence-corrected chi connectivity index (χ3v) is 3.79. The van der Waals surface area contributed by atoms with Gasteiger partial charge in [0.2, 0.25) is 5.89 Å². The van der Waals surface area contributed by atoms with Crippen LogP contribution < -0.4 is 11.1 Å². The summed E-state index contributed by atoms with van der Waals surface area (Å²) in [5.41, 5.74) is 6.24. The molecule has 0 radical (unpaired) electrons. The maximum Gasteiger partial charge on any atom is 0.273 e. The molecule has 0 aliphatic carbocycles. The van der Waals surface area contributed by atoms with E-state index in [0.717, 1.165) is 25.1 Å². The smallest absolute Gasteiger partial charge is 0.273 e. The summed E-state index contributed by atoms with van der Waals surface area (Å²) in [4.78, 5) is 20.1. The molecule has 0 saturated carbocycles. The van der Waals surface area contributed by atoms with Gasteiger partial charge in [0.25, 0.3) is 5.91 Å². The lowest BCUT2D eigenvalue weighted by molar-refractivity contribution is 0.0947. The van der Waals surface area contributed by atoms with E-state index in [-0.39, 0.29) is 17.6 Å². The Balaban J connectivity index is 1.74. The molecule has 1 unspecified atom stereocenters. The first-order chi connectivity index (χ1) is 10.7. The summed E-state index contributed by atoms with van der Waals surface area (Å²) in [5.74, 6) is 1.11. The number of hydrogen-bond acceptors (Lipinski definition) is 6. The number of nitrogens with zero attached hydrogens (tertiary/aromatic N) is 3. The van der Waals surface area contributed by atoms with Gasteiger partial charge in [-0.15, -0.1) is 0 Å². The average Bonchev–Trinajstić information content (AvgIpc) is 3.20. The summed E-state index contributed by atoms with van der Waals surface area (Å²) in [5, 5.41) is 2.82. The van der Waals surface area contributed by atoms with E-state index in [1.165, 1.54) is 6.26 Å². The molecule has 0 aromatic carbocycles. The standard InChI is InChI=1S/C14H21N5O2S/c1-22-8-3-11(15)14-18-12(9-21-14)13(20)17-4-2-6-19-7-5-16-10-19/h5,7,9-11H,2-4,6,8,15H2,1H3,(H,17,20). The lowest BCUT2D eigenvalue weighted by Gasteiger charge is -2.05. The van der Waals surface area contributed by atoms with Crippen molar-refractivity contribution in [2.75, 3.05) is 18.6 Å². The summed E-state index contributed by atoms with van der Waals surface area (Å²) in [6, 6.07) is -0.268. The summed E-state index contributed by atoms with van der Waals surface area (Å²) in [6.07, 6.45) is 10.3. The van der Waals surface area contributed by atoms with Crippen LogP contribution in [0.4, 0.5) is 0 Å². The molecule has 22 heavy (non-hydrogen) atoms. The number of oxazole rings is 1. The average molecular weight is 323 g/mol. The van der Waals surface area contributed by atoms with Crippen molar-refractivity contribution in [1.29, 1.82) is 0 Å². The normalized spacial score (nSPS) is 12.3. The number of aromatic nitrogens is 3. The second kappa shape index (κ2) is 8.60. The van der Waals surface area contributed by atoms with Gasteiger partial charge < -0.3 is 20.0 Å². The second-order valence-electron chi connectivity index (χ2n) is 4.87. The molecule has 0 spiro atoms. The maximum absolute atomic E-state index is 12.0. The van der Waals surface area contributed by atoms with Gasteiger partial charge in [0.1, 0.15) is 6.26 Å². The van der Waals surface area contributed by atoms with Crippen LogP contribution in [0.25, 0.3) is 0 Å². The van der Waals surface area contributed by atoms with Crippen LogP contribution in [0, 0.1) is 0 Å². The van der Waals surface area contributed by atoms with Crippen molar-refractivity contribution in [2.24, 2.45) is 5.73 Å². The Morgan fingerprint density at radius 1 is 1.59 bits per heavy atom. The molecule has 0 saturated heterocycles. The summed E-state index contributed by atoms with van der Waals surface area (Å²) < 4.78 is 7.25. The van der Waals surface area contributed by atoms with Crippen LogP contribution in [0.3, 0.4) is 0 Å². The number of nitrogens with one attached hydrogen (secondary N) is 1. The fraction of sp³-hybridized carbons (Fsp3) is 0.500. The van der Waals surface area contributed by atoms with E-state index in [9.17, 15) is 4.79 Å². The Hall–Kier alpha value is -1.80. The number of carbonyl (C=O) groups excluding carboxylic acids is 1. The van der Waals surface area contributed by atoms with Gasteiger partial charge in [-0.1, -0.05) is 0 Å². The van der Waals surface area contributed by atoms with Crippen LogP contribution in [0.5, 0.6) is 0 Å². The Morgan fingerprint density at radius 2 is 2.45 bits per heavy atom. The highest BCUT2D eigenvalue weighted by Gasteiger charge is 2.16. The number of imidazole rings is 1. The van der Waals surface area contributed by atoms with E-state index >= 15 is 0 Å². The molecule has 7 nitrogen and oxygen atoms in total. The molecule has 0 bridgehead atoms. The molecular formula is C14H21N5O2S. The van der Waals surface area contributed by atoms with Gasteiger partial charge in [-0.3, -0.25) is 4.79 Å². The molecule has 3 N–H and O–H groups in total. The molecule has 2 aromatic rings. The number of carbonyl (C=O) groups is 1. The van der Waals surface area contributed by atoms with E-state index in [1.54, 1.807) is 24.3 Å². The summed E-state index contributed by atoms with van der Waals surface area (Å²) in [6.45, 7) is 1.38. The molecule has 2 rings (SSSR count). The van der Waals surface area contributed by atoms with Gasteiger partial charge in [0, 0.05) is 25.5 Å². The van der Waals surface area contributed by atoms with Gasteiger partial charge in [-0.05, 0) is 24.9 Å². The van der Waals surface area contributed by atoms with E-state index in [0.29, 0.717) is 12.4 Å². The number of nitrogens with two attached hydrogens (primary N) is 1. The first-order valence-electron chi connectivity index (χ1n) is 7.14. The van der Waals surface area contributed by atoms with E-state index in [2.05, 4.69) is 15.3 Å². The Morgan fingerprint density at radius 3 is 3.18 bits per heavy atom. The Bertz CT molecular complexity index is 570. The quantitative estimate of drug-likeness (QED) is 0.678. The van der Waals surface area contributed by atoms with Crippen LogP contribution in [0.1, 0.15) is 35.3 Å². The zero-order chi connectivity index (χ0) is 15.8. The first kappa shape index (κ1) is 16.6. The minimum atomic E-state index is -0.268. The van der Waals surface area contributed by atoms with Crippen molar-refractivity contribution in [3.8, 4) is 0 Å². The van der Waals surface area contributed by atoms with Crippen molar-refractivity contribution in [2.45, 2.75) is 25.4 Å². The third kappa shape index (κ3) is 4.88. The zero-order valence-electron chi connectivity index (χ0n) is 12.6. The number of amides is 1. The third-order valence-electron chi connectivity index (χ3n) is 3.14. The van der Waals surface area contributed by atoms with E-state index in [1.807, 2.05) is 17.0 Å². The minimum absolute atomic E-state index is 0.238. The van der Waals surface area contributed by atoms with Crippen LogP contribution in [0.2, 0.25) is 0 Å². The topological polar surface area (TPSA) is 99.0 Å². The molecule has 0 aliphatic rings.